The molecule has 0 heterocycles. The monoisotopic (exact) mass is 277 g/mol. The number of nitrogens with one attached hydrogen (secondary N) is 1. The zero-order valence-electron chi connectivity index (χ0n) is 10.9. The molecular weight excluding hydrogens is 259 g/mol. The Hall–Kier alpha value is -1.27. The van der Waals surface area contributed by atoms with Crippen LogP contribution in [0.5, 0.6) is 5.75 Å². The molecule has 0 saturated carbocycles. The second kappa shape index (κ2) is 6.77. The van der Waals surface area contributed by atoms with E-state index in [0.29, 0.717) is 12.2 Å². The van der Waals surface area contributed by atoms with E-state index in [1.807, 2.05) is 0 Å². The second-order valence-corrected chi connectivity index (χ2v) is 4.22. The topological polar surface area (TPSA) is 41.5 Å². The number of hydrogen-bond donors (Lipinski definition) is 2. The Bertz CT molecular complexity index is 378. The second-order valence-electron chi connectivity index (χ2n) is 4.22. The summed E-state index contributed by atoms with van der Waals surface area (Å²) in [5, 5.41) is 11.7. The minimum absolute atomic E-state index is 0.0941. The largest absolute Gasteiger partial charge is 0.497 e. The van der Waals surface area contributed by atoms with Gasteiger partial charge in [-0.2, -0.15) is 13.2 Å². The van der Waals surface area contributed by atoms with Crippen LogP contribution in [0.15, 0.2) is 24.3 Å². The van der Waals surface area contributed by atoms with Gasteiger partial charge in [0, 0.05) is 6.54 Å². The smallest absolute Gasteiger partial charge is 0.407 e. The highest BCUT2D eigenvalue weighted by molar-refractivity contribution is 5.29. The Kier molecular flexibility index (Phi) is 5.62. The first-order chi connectivity index (χ1) is 8.88. The number of benzene rings is 1. The molecule has 1 aromatic rings. The molecule has 0 aromatic heterocycles. The molecule has 1 unspecified atom stereocenters. The van der Waals surface area contributed by atoms with Crippen LogP contribution in [0.4, 0.5) is 13.2 Å². The van der Waals surface area contributed by atoms with E-state index in [2.05, 4.69) is 5.32 Å². The summed E-state index contributed by atoms with van der Waals surface area (Å²) in [7, 11) is 1.45. The molecule has 3 nitrogen and oxygen atoms in total. The van der Waals surface area contributed by atoms with Crippen molar-refractivity contribution >= 4 is 0 Å². The molecule has 0 aliphatic rings. The lowest BCUT2D eigenvalue weighted by atomic mass is 10.1. The van der Waals surface area contributed by atoms with Crippen LogP contribution in [0, 0.1) is 0 Å². The summed E-state index contributed by atoms with van der Waals surface area (Å²) in [6, 6.07) is 3.89. The Morgan fingerprint density at radius 1 is 1.26 bits per heavy atom. The molecule has 2 N–H and O–H groups in total. The molecular formula is C13H18F3NO2. The van der Waals surface area contributed by atoms with Crippen LogP contribution in [0.25, 0.3) is 0 Å². The van der Waals surface area contributed by atoms with E-state index in [0.717, 1.165) is 0 Å². The number of halogens is 3. The Morgan fingerprint density at radius 3 is 2.26 bits per heavy atom. The maximum absolute atomic E-state index is 13.0. The molecule has 1 aromatic carbocycles. The van der Waals surface area contributed by atoms with Gasteiger partial charge >= 0.3 is 6.18 Å². The summed E-state index contributed by atoms with van der Waals surface area (Å²) < 4.78 is 43.8. The molecule has 0 bridgehead atoms. The van der Waals surface area contributed by atoms with Gasteiger partial charge in [-0.15, -0.1) is 0 Å². The zero-order chi connectivity index (χ0) is 14.5. The van der Waals surface area contributed by atoms with Crippen LogP contribution in [0.3, 0.4) is 0 Å². The van der Waals surface area contributed by atoms with Crippen molar-refractivity contribution in [1.82, 2.24) is 5.32 Å². The SMILES string of the molecule is CC[C@@H](O)CNC(c1ccc(OC)cc1)C(F)(F)F. The molecule has 0 saturated heterocycles. The molecule has 6 heteroatoms. The predicted molar refractivity (Wildman–Crippen MR) is 66.1 cm³/mol. The van der Waals surface area contributed by atoms with Gasteiger partial charge in [0.2, 0.25) is 0 Å². The highest BCUT2D eigenvalue weighted by Crippen LogP contribution is 2.33. The zero-order valence-corrected chi connectivity index (χ0v) is 10.9. The average molecular weight is 277 g/mol. The molecule has 1 rings (SSSR count). The van der Waals surface area contributed by atoms with Crippen molar-refractivity contribution in [2.24, 2.45) is 0 Å². The maximum Gasteiger partial charge on any atom is 0.407 e. The first kappa shape index (κ1) is 15.8. The van der Waals surface area contributed by atoms with Gasteiger partial charge in [0.15, 0.2) is 0 Å². The van der Waals surface area contributed by atoms with E-state index in [1.54, 1.807) is 6.92 Å². The number of methoxy groups -OCH3 is 1. The van der Waals surface area contributed by atoms with Gasteiger partial charge in [0.25, 0.3) is 0 Å². The van der Waals surface area contributed by atoms with Crippen molar-refractivity contribution < 1.29 is 23.0 Å². The molecule has 0 aliphatic heterocycles. The number of aliphatic hydroxyl groups excluding tert-OH is 1. The summed E-state index contributed by atoms with van der Waals surface area (Å²) in [5.74, 6) is 0.498. The summed E-state index contributed by atoms with van der Waals surface area (Å²) in [6.45, 7) is 1.61. The standard InChI is InChI=1S/C13H18F3NO2/c1-3-10(18)8-17-12(13(14,15)16)9-4-6-11(19-2)7-5-9/h4-7,10,12,17-18H,3,8H2,1-2H3/t10-,12?/m1/s1. The van der Waals surface area contributed by atoms with Crippen molar-refractivity contribution in [3.05, 3.63) is 29.8 Å². The van der Waals surface area contributed by atoms with Gasteiger partial charge in [0.1, 0.15) is 11.8 Å². The summed E-state index contributed by atoms with van der Waals surface area (Å²) in [5.41, 5.74) is 0.0941. The number of rotatable bonds is 6. The number of hydrogen-bond acceptors (Lipinski definition) is 3. The molecule has 19 heavy (non-hydrogen) atoms. The third-order valence-corrected chi connectivity index (χ3v) is 2.81. The molecule has 0 radical (unpaired) electrons. The highest BCUT2D eigenvalue weighted by Gasteiger charge is 2.40. The first-order valence-corrected chi connectivity index (χ1v) is 6.00. The van der Waals surface area contributed by atoms with Crippen LogP contribution in [0.1, 0.15) is 24.9 Å². The van der Waals surface area contributed by atoms with Crippen LogP contribution < -0.4 is 10.1 Å². The van der Waals surface area contributed by atoms with Gasteiger partial charge in [-0.3, -0.25) is 5.32 Å². The molecule has 0 amide bonds. The predicted octanol–water partition coefficient (Wildman–Crippen LogP) is 2.66. The Morgan fingerprint density at radius 2 is 1.84 bits per heavy atom. The third-order valence-electron chi connectivity index (χ3n) is 2.81. The quantitative estimate of drug-likeness (QED) is 0.840. The number of ether oxygens (including phenoxy) is 1. The molecule has 108 valence electrons. The van der Waals surface area contributed by atoms with Crippen molar-refractivity contribution in [2.75, 3.05) is 13.7 Å². The lowest BCUT2D eigenvalue weighted by molar-refractivity contribution is -0.158. The summed E-state index contributed by atoms with van der Waals surface area (Å²) in [6.07, 6.45) is -4.80. The van der Waals surface area contributed by atoms with Gasteiger partial charge < -0.3 is 9.84 Å². The van der Waals surface area contributed by atoms with E-state index >= 15 is 0 Å². The fraction of sp³-hybridized carbons (Fsp3) is 0.538. The fourth-order valence-corrected chi connectivity index (χ4v) is 1.62. The van der Waals surface area contributed by atoms with Gasteiger partial charge in [-0.05, 0) is 24.1 Å². The Labute approximate surface area is 110 Å². The normalized spacial score (nSPS) is 15.1. The van der Waals surface area contributed by atoms with Crippen LogP contribution in [-0.4, -0.2) is 31.0 Å². The third kappa shape index (κ3) is 4.72. The van der Waals surface area contributed by atoms with Crippen LogP contribution in [0.2, 0.25) is 0 Å². The summed E-state index contributed by atoms with van der Waals surface area (Å²) >= 11 is 0. The van der Waals surface area contributed by atoms with Gasteiger partial charge in [-0.1, -0.05) is 19.1 Å². The highest BCUT2D eigenvalue weighted by atomic mass is 19.4. The number of aliphatic hydroxyl groups is 1. The molecule has 2 atom stereocenters. The minimum Gasteiger partial charge on any atom is -0.497 e. The van der Waals surface area contributed by atoms with E-state index in [4.69, 9.17) is 4.74 Å². The minimum atomic E-state index is -4.41. The van der Waals surface area contributed by atoms with Crippen LogP contribution in [-0.2, 0) is 0 Å². The van der Waals surface area contributed by atoms with E-state index in [1.165, 1.54) is 31.4 Å². The van der Waals surface area contributed by atoms with E-state index in [9.17, 15) is 18.3 Å². The Balaban J connectivity index is 2.84. The lowest BCUT2D eigenvalue weighted by Crippen LogP contribution is -2.38. The lowest BCUT2D eigenvalue weighted by Gasteiger charge is -2.23. The molecule has 0 spiro atoms. The van der Waals surface area contributed by atoms with Gasteiger partial charge in [0.05, 0.1) is 13.2 Å². The molecule has 0 fully saturated rings. The molecule has 0 aliphatic carbocycles. The fourth-order valence-electron chi connectivity index (χ4n) is 1.62. The first-order valence-electron chi connectivity index (χ1n) is 6.00. The van der Waals surface area contributed by atoms with Crippen molar-refractivity contribution in [2.45, 2.75) is 31.7 Å². The van der Waals surface area contributed by atoms with Crippen molar-refractivity contribution in [3.8, 4) is 5.75 Å². The van der Waals surface area contributed by atoms with Crippen molar-refractivity contribution in [1.29, 1.82) is 0 Å². The van der Waals surface area contributed by atoms with E-state index in [-0.39, 0.29) is 12.1 Å². The summed E-state index contributed by atoms with van der Waals surface area (Å²) in [4.78, 5) is 0. The van der Waals surface area contributed by atoms with E-state index < -0.39 is 18.3 Å². The van der Waals surface area contributed by atoms with Crippen LogP contribution >= 0.6 is 0 Å². The van der Waals surface area contributed by atoms with Crippen molar-refractivity contribution in [3.63, 3.8) is 0 Å². The maximum atomic E-state index is 13.0. The average Bonchev–Trinajstić information content (AvgIpc) is 2.37. The van der Waals surface area contributed by atoms with Gasteiger partial charge in [-0.25, -0.2) is 0 Å². The number of alkyl halides is 3.